The Morgan fingerprint density at radius 1 is 1.36 bits per heavy atom. The molecule has 0 saturated heterocycles. The number of amidine groups is 1. The number of dihydropyridines is 1. The average Bonchev–Trinajstić information content (AvgIpc) is 2.70. The van der Waals surface area contributed by atoms with E-state index in [1.807, 2.05) is 6.92 Å². The van der Waals surface area contributed by atoms with E-state index >= 15 is 0 Å². The molecule has 28 heavy (non-hydrogen) atoms. The maximum absolute atomic E-state index is 13.7. The summed E-state index contributed by atoms with van der Waals surface area (Å²) in [5.74, 6) is -1.65. The monoisotopic (exact) mass is 403 g/mol. The molecule has 2 heterocycles. The number of imide groups is 1. The maximum atomic E-state index is 13.7. The highest BCUT2D eigenvalue weighted by molar-refractivity contribution is 8.03. The molecule has 9 heteroatoms. The number of benzene rings is 1. The normalized spacial score (nSPS) is 19.3. The summed E-state index contributed by atoms with van der Waals surface area (Å²) >= 11 is 1.21. The third-order valence-corrected chi connectivity index (χ3v) is 5.79. The smallest absolute Gasteiger partial charge is 0.323 e. The molecule has 0 aromatic heterocycles. The molecule has 0 saturated carbocycles. The second kappa shape index (κ2) is 8.05. The summed E-state index contributed by atoms with van der Waals surface area (Å²) in [7, 11) is 2.99. The molecule has 1 N–H and O–H groups in total. The summed E-state index contributed by atoms with van der Waals surface area (Å²) in [6.45, 7) is 1.93. The number of carbonyl (C=O) groups is 3. The molecule has 2 aliphatic rings. The van der Waals surface area contributed by atoms with Crippen LogP contribution in [0.25, 0.3) is 0 Å². The van der Waals surface area contributed by atoms with Crippen molar-refractivity contribution in [2.24, 2.45) is 10.9 Å². The number of amides is 4. The van der Waals surface area contributed by atoms with Gasteiger partial charge in [-0.1, -0.05) is 19.1 Å². The quantitative estimate of drug-likeness (QED) is 0.766. The Kier molecular flexibility index (Phi) is 5.73. The van der Waals surface area contributed by atoms with Crippen LogP contribution in [0.4, 0.5) is 14.9 Å². The van der Waals surface area contributed by atoms with E-state index in [1.165, 1.54) is 35.5 Å². The number of aliphatic imine (C=N–C) groups is 1. The van der Waals surface area contributed by atoms with Gasteiger partial charge in [-0.3, -0.25) is 9.59 Å². The Balaban J connectivity index is 1.83. The molecule has 2 aliphatic heterocycles. The lowest BCUT2D eigenvalue weighted by Gasteiger charge is -2.28. The molecule has 0 radical (unpaired) electrons. The van der Waals surface area contributed by atoms with E-state index in [4.69, 9.17) is 0 Å². The number of rotatable bonds is 5. The lowest BCUT2D eigenvalue weighted by atomic mass is 9.97. The second-order valence-electron chi connectivity index (χ2n) is 6.35. The van der Waals surface area contributed by atoms with Crippen molar-refractivity contribution in [2.45, 2.75) is 13.3 Å². The number of fused-ring (bicyclic) bond motifs is 1. The number of nitrogens with zero attached hydrogens (tertiary/aromatic N) is 3. The molecule has 0 spiro atoms. The van der Waals surface area contributed by atoms with Crippen LogP contribution in [0.3, 0.4) is 0 Å². The Bertz CT molecular complexity index is 954. The zero-order chi connectivity index (χ0) is 20.4. The van der Waals surface area contributed by atoms with Crippen molar-refractivity contribution in [2.75, 3.05) is 25.2 Å². The van der Waals surface area contributed by atoms with Gasteiger partial charge in [0.15, 0.2) is 5.92 Å². The molecule has 4 amide bonds. The average molecular weight is 403 g/mol. The lowest BCUT2D eigenvalue weighted by molar-refractivity contribution is -0.407. The highest BCUT2D eigenvalue weighted by atomic mass is 32.2. The van der Waals surface area contributed by atoms with E-state index in [1.54, 1.807) is 25.4 Å². The zero-order valence-corrected chi connectivity index (χ0v) is 16.5. The Labute approximate surface area is 166 Å². The van der Waals surface area contributed by atoms with E-state index < -0.39 is 17.8 Å². The third-order valence-electron chi connectivity index (χ3n) is 4.57. The van der Waals surface area contributed by atoms with Crippen LogP contribution in [-0.2, 0) is 9.59 Å². The van der Waals surface area contributed by atoms with E-state index in [9.17, 15) is 18.8 Å². The third kappa shape index (κ3) is 3.62. The minimum atomic E-state index is -0.723. The van der Waals surface area contributed by atoms with Crippen molar-refractivity contribution >= 4 is 47.3 Å². The van der Waals surface area contributed by atoms with Crippen molar-refractivity contribution in [3.8, 4) is 0 Å². The van der Waals surface area contributed by atoms with Crippen LogP contribution in [0.15, 0.2) is 39.7 Å². The van der Waals surface area contributed by atoms with Crippen molar-refractivity contribution in [3.05, 3.63) is 40.6 Å². The number of nitrogens with one attached hydrogen (secondary N) is 1. The number of allylic oxidation sites excluding steroid dienone is 1. The fourth-order valence-electron chi connectivity index (χ4n) is 3.03. The van der Waals surface area contributed by atoms with Gasteiger partial charge < -0.3 is 5.32 Å². The Hall–Kier alpha value is -2.81. The van der Waals surface area contributed by atoms with Gasteiger partial charge in [-0.25, -0.2) is 9.18 Å². The summed E-state index contributed by atoms with van der Waals surface area (Å²) in [4.78, 5) is 43.3. The number of hydrogen-bond acceptors (Lipinski definition) is 5. The molecular weight excluding hydrogens is 383 g/mol. The summed E-state index contributed by atoms with van der Waals surface area (Å²) in [5.41, 5.74) is 0.941. The van der Waals surface area contributed by atoms with Crippen LogP contribution in [0.1, 0.15) is 13.3 Å². The molecular formula is C19H20FN4O3S+. The van der Waals surface area contributed by atoms with Crippen LogP contribution in [0.5, 0.6) is 0 Å². The molecule has 7 nitrogen and oxygen atoms in total. The van der Waals surface area contributed by atoms with Crippen LogP contribution in [0, 0.1) is 11.7 Å². The largest absolute Gasteiger partial charge is 0.445 e. The summed E-state index contributed by atoms with van der Waals surface area (Å²) in [5, 5.41) is 2.53. The first-order valence-electron chi connectivity index (χ1n) is 8.71. The van der Waals surface area contributed by atoms with Crippen molar-refractivity contribution < 1.29 is 23.3 Å². The zero-order valence-electron chi connectivity index (χ0n) is 15.7. The van der Waals surface area contributed by atoms with Crippen LogP contribution < -0.4 is 5.32 Å². The summed E-state index contributed by atoms with van der Waals surface area (Å²) in [6, 6.07) is 5.47. The minimum Gasteiger partial charge on any atom is -0.323 e. The number of hydrogen-bond donors (Lipinski definition) is 1. The molecule has 146 valence electrons. The number of halogens is 1. The van der Waals surface area contributed by atoms with E-state index in [0.29, 0.717) is 17.2 Å². The van der Waals surface area contributed by atoms with Gasteiger partial charge in [-0.2, -0.15) is 9.48 Å². The van der Waals surface area contributed by atoms with Gasteiger partial charge in [0.2, 0.25) is 5.91 Å². The first-order valence-corrected chi connectivity index (χ1v) is 9.70. The highest BCUT2D eigenvalue weighted by Gasteiger charge is 2.48. The van der Waals surface area contributed by atoms with Gasteiger partial charge in [0.25, 0.3) is 5.84 Å². The van der Waals surface area contributed by atoms with Gasteiger partial charge in [0, 0.05) is 4.91 Å². The molecule has 0 fully saturated rings. The van der Waals surface area contributed by atoms with Crippen molar-refractivity contribution in [1.29, 1.82) is 0 Å². The molecule has 3 rings (SSSR count). The predicted molar refractivity (Wildman–Crippen MR) is 106 cm³/mol. The van der Waals surface area contributed by atoms with E-state index in [0.717, 1.165) is 10.5 Å². The van der Waals surface area contributed by atoms with E-state index in [2.05, 4.69) is 10.3 Å². The summed E-state index contributed by atoms with van der Waals surface area (Å²) < 4.78 is 15.1. The topological polar surface area (TPSA) is 81.9 Å². The fraction of sp³-hybridized carbons (Fsp3) is 0.316. The predicted octanol–water partition coefficient (Wildman–Crippen LogP) is 2.49. The molecule has 0 aliphatic carbocycles. The molecule has 1 aromatic rings. The standard InChI is InChI=1S/C19H19FN4O3S/c1-4-11-9-21-17-15(18(26)24(3)19(27)23(17)2)16(11)28-10-14(25)22-13-8-6-5-7-12(13)20/h5-9,15H,4,10H2,1-3H3/p+1. The maximum Gasteiger partial charge on any atom is 0.445 e. The first kappa shape index (κ1) is 19.9. The minimum absolute atomic E-state index is 0.000553. The number of carbonyl (C=O) groups excluding carboxylic acids is 3. The van der Waals surface area contributed by atoms with Crippen molar-refractivity contribution in [1.82, 2.24) is 4.90 Å². The molecule has 1 aromatic carbocycles. The highest BCUT2D eigenvalue weighted by Crippen LogP contribution is 2.35. The number of para-hydroxylation sites is 1. The molecule has 0 bridgehead atoms. The van der Waals surface area contributed by atoms with Crippen LogP contribution >= 0.6 is 11.8 Å². The number of anilines is 1. The van der Waals surface area contributed by atoms with Gasteiger partial charge >= 0.3 is 11.9 Å². The Morgan fingerprint density at radius 2 is 2.07 bits per heavy atom. The molecule has 1 atom stereocenters. The number of thioether (sulfide) groups is 1. The fourth-order valence-corrected chi connectivity index (χ4v) is 4.15. The SMILES string of the molecule is CCC1=C(SCC(=O)Nc2ccccc2F)C2C(=O)N(C)C(=O)[N+](C)=C2N=C1. The van der Waals surface area contributed by atoms with Gasteiger partial charge in [-0.15, -0.1) is 16.8 Å². The van der Waals surface area contributed by atoms with E-state index in [-0.39, 0.29) is 23.3 Å². The first-order chi connectivity index (χ1) is 13.3. The van der Waals surface area contributed by atoms with Crippen LogP contribution in [0.2, 0.25) is 0 Å². The summed E-state index contributed by atoms with van der Waals surface area (Å²) in [6.07, 6.45) is 2.25. The molecule has 1 unspecified atom stereocenters. The Morgan fingerprint density at radius 3 is 2.75 bits per heavy atom. The van der Waals surface area contributed by atoms with Crippen LogP contribution in [-0.4, -0.2) is 59.2 Å². The van der Waals surface area contributed by atoms with Gasteiger partial charge in [0.05, 0.1) is 25.5 Å². The van der Waals surface area contributed by atoms with Gasteiger partial charge in [-0.05, 0) is 24.1 Å². The van der Waals surface area contributed by atoms with Crippen molar-refractivity contribution in [3.63, 3.8) is 0 Å². The van der Waals surface area contributed by atoms with Gasteiger partial charge in [0.1, 0.15) is 12.0 Å². The lowest BCUT2D eigenvalue weighted by Crippen LogP contribution is -2.52. The number of urea groups is 1. The second-order valence-corrected chi connectivity index (χ2v) is 7.37.